The van der Waals surface area contributed by atoms with Crippen LogP contribution in [0.25, 0.3) is 0 Å². The second-order valence-electron chi connectivity index (χ2n) is 8.17. The van der Waals surface area contributed by atoms with Crippen LogP contribution in [-0.2, 0) is 20.8 Å². The molecule has 1 saturated carbocycles. The molecule has 4 rings (SSSR count). The minimum Gasteiger partial charge on any atom is -0.474 e. The molecule has 6 nitrogen and oxygen atoms in total. The Morgan fingerprint density at radius 2 is 1.96 bits per heavy atom. The number of likely N-dealkylation sites (tertiary alicyclic amines) is 1. The zero-order valence-corrected chi connectivity index (χ0v) is 15.2. The van der Waals surface area contributed by atoms with E-state index in [9.17, 15) is 19.5 Å². The van der Waals surface area contributed by atoms with Gasteiger partial charge < -0.3 is 14.9 Å². The summed E-state index contributed by atoms with van der Waals surface area (Å²) in [6.07, 6.45) is 4.34. The van der Waals surface area contributed by atoms with Gasteiger partial charge in [-0.3, -0.25) is 9.59 Å². The van der Waals surface area contributed by atoms with E-state index in [1.165, 1.54) is 4.90 Å². The van der Waals surface area contributed by atoms with Crippen molar-refractivity contribution in [3.05, 3.63) is 29.3 Å². The summed E-state index contributed by atoms with van der Waals surface area (Å²) in [5.74, 6) is -1.73. The third-order valence-electron chi connectivity index (χ3n) is 6.25. The summed E-state index contributed by atoms with van der Waals surface area (Å²) < 4.78 is 0. The molecular weight excluding hydrogens is 332 g/mol. The molecule has 1 aromatic rings. The summed E-state index contributed by atoms with van der Waals surface area (Å²) >= 11 is 0. The number of piperidine rings is 1. The molecule has 6 heteroatoms. The maximum Gasteiger partial charge on any atom is 0.394 e. The normalized spacial score (nSPS) is 26.6. The van der Waals surface area contributed by atoms with Crippen molar-refractivity contribution < 1.29 is 19.5 Å². The third kappa shape index (κ3) is 2.59. The van der Waals surface area contributed by atoms with Gasteiger partial charge in [0.25, 0.3) is 0 Å². The lowest BCUT2D eigenvalue weighted by molar-refractivity contribution is -0.158. The number of carbonyl (C=O) groups excluding carboxylic acids is 2. The summed E-state index contributed by atoms with van der Waals surface area (Å²) in [4.78, 5) is 39.2. The second-order valence-corrected chi connectivity index (χ2v) is 8.17. The fourth-order valence-corrected chi connectivity index (χ4v) is 4.57. The summed E-state index contributed by atoms with van der Waals surface area (Å²) in [6.45, 7) is 2.51. The van der Waals surface area contributed by atoms with Gasteiger partial charge in [-0.15, -0.1) is 0 Å². The van der Waals surface area contributed by atoms with Crippen LogP contribution >= 0.6 is 0 Å². The first-order valence-corrected chi connectivity index (χ1v) is 9.27. The summed E-state index contributed by atoms with van der Waals surface area (Å²) in [7, 11) is 1.82. The molecule has 0 radical (unpaired) electrons. The Morgan fingerprint density at radius 1 is 1.23 bits per heavy atom. The average Bonchev–Trinajstić information content (AvgIpc) is 3.39. The number of carbonyl (C=O) groups is 3. The van der Waals surface area contributed by atoms with Gasteiger partial charge in [0.15, 0.2) is 0 Å². The molecule has 0 bridgehead atoms. The lowest BCUT2D eigenvalue weighted by atomic mass is 9.85. The average molecular weight is 356 g/mol. The Bertz CT molecular complexity index is 799. The highest BCUT2D eigenvalue weighted by Gasteiger charge is 2.54. The molecule has 1 spiro atoms. The zero-order chi connectivity index (χ0) is 18.6. The van der Waals surface area contributed by atoms with Crippen molar-refractivity contribution in [1.82, 2.24) is 4.90 Å². The van der Waals surface area contributed by atoms with Crippen molar-refractivity contribution in [3.8, 4) is 0 Å². The second kappa shape index (κ2) is 5.83. The Labute approximate surface area is 152 Å². The van der Waals surface area contributed by atoms with E-state index >= 15 is 0 Å². The number of rotatable bonds is 1. The van der Waals surface area contributed by atoms with E-state index in [1.807, 2.05) is 26.1 Å². The highest BCUT2D eigenvalue weighted by Crippen LogP contribution is 2.54. The molecule has 0 aromatic heterocycles. The van der Waals surface area contributed by atoms with E-state index in [4.69, 9.17) is 0 Å². The van der Waals surface area contributed by atoms with Gasteiger partial charge in [0.1, 0.15) is 0 Å². The smallest absolute Gasteiger partial charge is 0.394 e. The molecule has 2 fully saturated rings. The van der Waals surface area contributed by atoms with E-state index in [0.29, 0.717) is 12.5 Å². The lowest BCUT2D eigenvalue weighted by Crippen LogP contribution is -2.45. The highest BCUT2D eigenvalue weighted by molar-refractivity contribution is 6.31. The Hall–Kier alpha value is -2.37. The van der Waals surface area contributed by atoms with Crippen molar-refractivity contribution in [3.63, 3.8) is 0 Å². The van der Waals surface area contributed by atoms with Gasteiger partial charge >= 0.3 is 11.9 Å². The molecule has 3 aliphatic rings. The molecule has 2 aliphatic heterocycles. The fraction of sp³-hybridized carbons (Fsp3) is 0.550. The number of aliphatic carboxylic acids is 1. The summed E-state index contributed by atoms with van der Waals surface area (Å²) in [5.41, 5.74) is 2.81. The quantitative estimate of drug-likeness (QED) is 0.784. The number of fused-ring (bicyclic) bond motifs is 1. The number of amides is 2. The van der Waals surface area contributed by atoms with Crippen molar-refractivity contribution in [2.24, 2.45) is 11.3 Å². The molecule has 1 saturated heterocycles. The van der Waals surface area contributed by atoms with Gasteiger partial charge in [0.2, 0.25) is 5.91 Å². The third-order valence-corrected chi connectivity index (χ3v) is 6.25. The predicted octanol–water partition coefficient (Wildman–Crippen LogP) is 2.37. The molecular formula is C20H24N2O4. The SMILES string of the molecule is C[C@H]1CCC(c2ccc3c(c2)CC2(CC2)C(=O)N3C)N(C(=O)C(=O)O)C1. The first kappa shape index (κ1) is 17.1. The number of nitrogens with zero attached hydrogens (tertiary/aromatic N) is 2. The molecule has 26 heavy (non-hydrogen) atoms. The van der Waals surface area contributed by atoms with Crippen LogP contribution in [-0.4, -0.2) is 41.4 Å². The van der Waals surface area contributed by atoms with E-state index in [1.54, 1.807) is 4.90 Å². The molecule has 1 aliphatic carbocycles. The number of hydrogen-bond donors (Lipinski definition) is 1. The van der Waals surface area contributed by atoms with Crippen LogP contribution < -0.4 is 4.90 Å². The molecule has 2 atom stereocenters. The minimum atomic E-state index is -1.40. The minimum absolute atomic E-state index is 0.201. The maximum atomic E-state index is 12.5. The monoisotopic (exact) mass is 356 g/mol. The van der Waals surface area contributed by atoms with Gasteiger partial charge in [0.05, 0.1) is 11.5 Å². The number of hydrogen-bond acceptors (Lipinski definition) is 3. The largest absolute Gasteiger partial charge is 0.474 e. The van der Waals surface area contributed by atoms with Crippen molar-refractivity contribution in [2.45, 2.75) is 45.1 Å². The van der Waals surface area contributed by atoms with Crippen LogP contribution in [0.5, 0.6) is 0 Å². The van der Waals surface area contributed by atoms with Crippen LogP contribution in [0.2, 0.25) is 0 Å². The number of anilines is 1. The summed E-state index contributed by atoms with van der Waals surface area (Å²) in [6, 6.07) is 5.76. The van der Waals surface area contributed by atoms with Crippen LogP contribution in [0, 0.1) is 11.3 Å². The maximum absolute atomic E-state index is 12.5. The fourth-order valence-electron chi connectivity index (χ4n) is 4.57. The van der Waals surface area contributed by atoms with Crippen molar-refractivity contribution in [1.29, 1.82) is 0 Å². The lowest BCUT2D eigenvalue weighted by Gasteiger charge is -2.39. The van der Waals surface area contributed by atoms with Gasteiger partial charge in [-0.25, -0.2) is 4.79 Å². The first-order valence-electron chi connectivity index (χ1n) is 9.27. The van der Waals surface area contributed by atoms with Gasteiger partial charge in [-0.1, -0.05) is 19.1 Å². The summed E-state index contributed by atoms with van der Waals surface area (Å²) in [5, 5.41) is 9.18. The van der Waals surface area contributed by atoms with Crippen molar-refractivity contribution >= 4 is 23.5 Å². The molecule has 2 amide bonds. The van der Waals surface area contributed by atoms with Crippen LogP contribution in [0.4, 0.5) is 5.69 Å². The van der Waals surface area contributed by atoms with Crippen LogP contribution in [0.3, 0.4) is 0 Å². The number of carboxylic acids is 1. The molecule has 138 valence electrons. The molecule has 1 N–H and O–H groups in total. The Kier molecular flexibility index (Phi) is 3.82. The number of carboxylic acid groups (broad SMARTS) is 1. The Balaban J connectivity index is 1.68. The number of benzene rings is 1. The van der Waals surface area contributed by atoms with Crippen LogP contribution in [0.1, 0.15) is 49.8 Å². The molecule has 2 heterocycles. The van der Waals surface area contributed by atoms with Crippen LogP contribution in [0.15, 0.2) is 18.2 Å². The van der Waals surface area contributed by atoms with Gasteiger partial charge in [0, 0.05) is 19.3 Å². The molecule has 1 aromatic carbocycles. The van der Waals surface area contributed by atoms with Crippen molar-refractivity contribution in [2.75, 3.05) is 18.5 Å². The Morgan fingerprint density at radius 3 is 2.62 bits per heavy atom. The van der Waals surface area contributed by atoms with E-state index in [0.717, 1.165) is 48.9 Å². The molecule has 1 unspecified atom stereocenters. The van der Waals surface area contributed by atoms with E-state index < -0.39 is 11.9 Å². The van der Waals surface area contributed by atoms with Gasteiger partial charge in [-0.2, -0.15) is 0 Å². The topological polar surface area (TPSA) is 77.9 Å². The first-order chi connectivity index (χ1) is 12.3. The highest BCUT2D eigenvalue weighted by atomic mass is 16.4. The van der Waals surface area contributed by atoms with E-state index in [2.05, 4.69) is 6.07 Å². The van der Waals surface area contributed by atoms with Gasteiger partial charge in [-0.05, 0) is 55.2 Å². The van der Waals surface area contributed by atoms with E-state index in [-0.39, 0.29) is 17.4 Å². The standard InChI is InChI=1S/C20H24N2O4/c1-12-3-5-16(22(11-12)17(23)18(24)25)13-4-6-15-14(9-13)10-20(7-8-20)19(26)21(15)2/h4,6,9,12,16H,3,5,7-8,10-11H2,1-2H3,(H,24,25)/t12-,16?/m0/s1. The predicted molar refractivity (Wildman–Crippen MR) is 95.7 cm³/mol. The zero-order valence-electron chi connectivity index (χ0n) is 15.2.